The third-order valence-corrected chi connectivity index (χ3v) is 2.55. The third kappa shape index (κ3) is 1.98. The molecule has 0 amide bonds. The highest BCUT2D eigenvalue weighted by molar-refractivity contribution is 4.75. The summed E-state index contributed by atoms with van der Waals surface area (Å²) >= 11 is 0. The maximum atomic E-state index is 9.42. The molecule has 0 aliphatic heterocycles. The molecule has 0 heterocycles. The lowest BCUT2D eigenvalue weighted by Crippen LogP contribution is -2.12. The fourth-order valence-corrected chi connectivity index (χ4v) is 1.82. The van der Waals surface area contributed by atoms with Gasteiger partial charge in [0.1, 0.15) is 0 Å². The van der Waals surface area contributed by atoms with Crippen LogP contribution in [-0.4, -0.2) is 11.2 Å². The molecule has 1 heteroatoms. The molecule has 60 valence electrons. The zero-order valence-corrected chi connectivity index (χ0v) is 6.84. The number of hydrogen-bond acceptors (Lipinski definition) is 1. The minimum absolute atomic E-state index is 0.0338. The molecule has 10 heavy (non-hydrogen) atoms. The lowest BCUT2D eigenvalue weighted by molar-refractivity contribution is 0.126. The topological polar surface area (TPSA) is 20.2 Å². The number of unbranched alkanes of at least 4 members (excludes halogenated alkanes) is 1. The highest BCUT2D eigenvalue weighted by atomic mass is 16.3. The zero-order valence-electron chi connectivity index (χ0n) is 6.84. The van der Waals surface area contributed by atoms with E-state index in [1.165, 1.54) is 32.1 Å². The molecule has 0 aromatic heterocycles. The first kappa shape index (κ1) is 8.06. The molecule has 0 spiro atoms. The van der Waals surface area contributed by atoms with Crippen molar-refractivity contribution in [3.8, 4) is 0 Å². The van der Waals surface area contributed by atoms with Gasteiger partial charge in [0, 0.05) is 0 Å². The van der Waals surface area contributed by atoms with Crippen molar-refractivity contribution < 1.29 is 5.11 Å². The van der Waals surface area contributed by atoms with E-state index in [-0.39, 0.29) is 6.10 Å². The second-order valence-corrected chi connectivity index (χ2v) is 3.40. The van der Waals surface area contributed by atoms with Crippen molar-refractivity contribution in [3.63, 3.8) is 0 Å². The van der Waals surface area contributed by atoms with Crippen LogP contribution in [0.2, 0.25) is 0 Å². The Morgan fingerprint density at radius 2 is 2.20 bits per heavy atom. The highest BCUT2D eigenvalue weighted by Gasteiger charge is 2.23. The van der Waals surface area contributed by atoms with Crippen LogP contribution in [-0.2, 0) is 0 Å². The van der Waals surface area contributed by atoms with Crippen molar-refractivity contribution in [3.05, 3.63) is 0 Å². The Hall–Kier alpha value is -0.0400. The predicted octanol–water partition coefficient (Wildman–Crippen LogP) is 2.34. The first-order valence-corrected chi connectivity index (χ1v) is 4.52. The number of rotatable bonds is 3. The van der Waals surface area contributed by atoms with Crippen LogP contribution < -0.4 is 0 Å². The molecule has 1 N–H and O–H groups in total. The van der Waals surface area contributed by atoms with E-state index in [2.05, 4.69) is 6.92 Å². The molecule has 0 aromatic rings. The fraction of sp³-hybridized carbons (Fsp3) is 1.00. The average molecular weight is 142 g/mol. The number of aliphatic hydroxyl groups is 1. The van der Waals surface area contributed by atoms with Crippen LogP contribution in [0.4, 0.5) is 0 Å². The summed E-state index contributed by atoms with van der Waals surface area (Å²) < 4.78 is 0. The van der Waals surface area contributed by atoms with Crippen molar-refractivity contribution in [1.29, 1.82) is 0 Å². The van der Waals surface area contributed by atoms with Gasteiger partial charge in [-0.15, -0.1) is 0 Å². The molecular formula is C9H18O. The summed E-state index contributed by atoms with van der Waals surface area (Å²) in [5, 5.41) is 9.42. The Kier molecular flexibility index (Phi) is 3.20. The Morgan fingerprint density at radius 1 is 1.40 bits per heavy atom. The average Bonchev–Trinajstić information content (AvgIpc) is 2.31. The second-order valence-electron chi connectivity index (χ2n) is 3.40. The largest absolute Gasteiger partial charge is 0.393 e. The Balaban J connectivity index is 2.14. The normalized spacial score (nSPS) is 33.0. The van der Waals surface area contributed by atoms with E-state index in [0.29, 0.717) is 5.92 Å². The van der Waals surface area contributed by atoms with E-state index in [1.807, 2.05) is 0 Å². The van der Waals surface area contributed by atoms with E-state index in [1.54, 1.807) is 0 Å². The SMILES string of the molecule is CCCC[C@H]1CCC[C@@H]1O. The van der Waals surface area contributed by atoms with Crippen LogP contribution in [0.3, 0.4) is 0 Å². The number of hydrogen-bond donors (Lipinski definition) is 1. The van der Waals surface area contributed by atoms with E-state index in [4.69, 9.17) is 0 Å². The van der Waals surface area contributed by atoms with Crippen molar-refractivity contribution in [2.24, 2.45) is 5.92 Å². The number of aliphatic hydroxyl groups excluding tert-OH is 1. The predicted molar refractivity (Wildman–Crippen MR) is 42.9 cm³/mol. The van der Waals surface area contributed by atoms with Crippen LogP contribution in [0.1, 0.15) is 45.4 Å². The van der Waals surface area contributed by atoms with Crippen molar-refractivity contribution in [2.45, 2.75) is 51.6 Å². The summed E-state index contributed by atoms with van der Waals surface area (Å²) in [4.78, 5) is 0. The van der Waals surface area contributed by atoms with E-state index < -0.39 is 0 Å². The van der Waals surface area contributed by atoms with Crippen molar-refractivity contribution in [1.82, 2.24) is 0 Å². The van der Waals surface area contributed by atoms with Gasteiger partial charge in [0.25, 0.3) is 0 Å². The lowest BCUT2D eigenvalue weighted by Gasteiger charge is -2.12. The van der Waals surface area contributed by atoms with Gasteiger partial charge in [-0.25, -0.2) is 0 Å². The van der Waals surface area contributed by atoms with E-state index in [9.17, 15) is 5.11 Å². The summed E-state index contributed by atoms with van der Waals surface area (Å²) in [6.45, 7) is 2.21. The standard InChI is InChI=1S/C9H18O/c1-2-3-5-8-6-4-7-9(8)10/h8-10H,2-7H2,1H3/t8-,9-/m0/s1. The fourth-order valence-electron chi connectivity index (χ4n) is 1.82. The Morgan fingerprint density at radius 3 is 2.70 bits per heavy atom. The van der Waals surface area contributed by atoms with Gasteiger partial charge in [0.05, 0.1) is 6.10 Å². The van der Waals surface area contributed by atoms with Crippen LogP contribution in [0.25, 0.3) is 0 Å². The van der Waals surface area contributed by atoms with Gasteiger partial charge in [-0.1, -0.05) is 26.2 Å². The van der Waals surface area contributed by atoms with Gasteiger partial charge in [0.15, 0.2) is 0 Å². The summed E-state index contributed by atoms with van der Waals surface area (Å²) in [7, 11) is 0. The Labute approximate surface area is 63.4 Å². The summed E-state index contributed by atoms with van der Waals surface area (Å²) in [5.74, 6) is 0.639. The first-order chi connectivity index (χ1) is 4.84. The van der Waals surface area contributed by atoms with Gasteiger partial charge in [0.2, 0.25) is 0 Å². The van der Waals surface area contributed by atoms with Crippen LogP contribution in [0.5, 0.6) is 0 Å². The van der Waals surface area contributed by atoms with Gasteiger partial charge in [-0.2, -0.15) is 0 Å². The van der Waals surface area contributed by atoms with Crippen molar-refractivity contribution >= 4 is 0 Å². The zero-order chi connectivity index (χ0) is 7.40. The molecule has 1 saturated carbocycles. The first-order valence-electron chi connectivity index (χ1n) is 4.52. The molecule has 1 rings (SSSR count). The molecule has 0 radical (unpaired) electrons. The van der Waals surface area contributed by atoms with E-state index in [0.717, 1.165) is 6.42 Å². The third-order valence-electron chi connectivity index (χ3n) is 2.55. The minimum atomic E-state index is 0.0338. The minimum Gasteiger partial charge on any atom is -0.393 e. The second kappa shape index (κ2) is 3.97. The smallest absolute Gasteiger partial charge is 0.0568 e. The van der Waals surface area contributed by atoms with Gasteiger partial charge < -0.3 is 5.11 Å². The maximum absolute atomic E-state index is 9.42. The molecule has 0 saturated heterocycles. The molecule has 0 bridgehead atoms. The van der Waals surface area contributed by atoms with Crippen LogP contribution in [0, 0.1) is 5.92 Å². The molecule has 0 aromatic carbocycles. The van der Waals surface area contributed by atoms with Crippen molar-refractivity contribution in [2.75, 3.05) is 0 Å². The Bertz CT molecular complexity index is 90.7. The summed E-state index contributed by atoms with van der Waals surface area (Å²) in [6.07, 6.45) is 7.40. The molecule has 1 aliphatic carbocycles. The van der Waals surface area contributed by atoms with Gasteiger partial charge in [-0.05, 0) is 25.2 Å². The van der Waals surface area contributed by atoms with Crippen LogP contribution in [0.15, 0.2) is 0 Å². The summed E-state index contributed by atoms with van der Waals surface area (Å²) in [6, 6.07) is 0. The summed E-state index contributed by atoms with van der Waals surface area (Å²) in [5.41, 5.74) is 0. The lowest BCUT2D eigenvalue weighted by atomic mass is 9.99. The van der Waals surface area contributed by atoms with Gasteiger partial charge >= 0.3 is 0 Å². The molecular weight excluding hydrogens is 124 g/mol. The highest BCUT2D eigenvalue weighted by Crippen LogP contribution is 2.29. The molecule has 2 atom stereocenters. The van der Waals surface area contributed by atoms with Crippen LogP contribution >= 0.6 is 0 Å². The van der Waals surface area contributed by atoms with Gasteiger partial charge in [-0.3, -0.25) is 0 Å². The monoisotopic (exact) mass is 142 g/mol. The quantitative estimate of drug-likeness (QED) is 0.641. The molecule has 0 unspecified atom stereocenters. The molecule has 1 fully saturated rings. The molecule has 1 aliphatic rings. The molecule has 1 nitrogen and oxygen atoms in total. The maximum Gasteiger partial charge on any atom is 0.0568 e. The van der Waals surface area contributed by atoms with E-state index >= 15 is 0 Å².